The van der Waals surface area contributed by atoms with Crippen LogP contribution in [0, 0.1) is 6.92 Å². The molecule has 25 heavy (non-hydrogen) atoms. The van der Waals surface area contributed by atoms with Crippen LogP contribution in [-0.4, -0.2) is 35.9 Å². The number of hydrogen-bond acceptors (Lipinski definition) is 4. The number of hydrogen-bond donors (Lipinski definition) is 2. The largest absolute Gasteiger partial charge is 0.441 e. The number of alkyl halides is 3. The smallest absolute Gasteiger partial charge is 0.408 e. The molecule has 2 aromatic rings. The minimum atomic E-state index is -4.55. The first kappa shape index (κ1) is 17.5. The van der Waals surface area contributed by atoms with E-state index in [1.54, 1.807) is 13.0 Å². The highest BCUT2D eigenvalue weighted by Crippen LogP contribution is 2.27. The summed E-state index contributed by atoms with van der Waals surface area (Å²) in [5.74, 6) is 0.463. The number of oxazole rings is 1. The van der Waals surface area contributed by atoms with Crippen molar-refractivity contribution in [3.8, 4) is 0 Å². The van der Waals surface area contributed by atoms with Crippen LogP contribution in [0.5, 0.6) is 0 Å². The third-order valence-electron chi connectivity index (χ3n) is 3.98. The summed E-state index contributed by atoms with van der Waals surface area (Å²) < 4.78 is 50.0. The van der Waals surface area contributed by atoms with E-state index in [-0.39, 0.29) is 6.42 Å². The van der Waals surface area contributed by atoms with E-state index in [9.17, 15) is 18.0 Å². The van der Waals surface area contributed by atoms with Crippen LogP contribution < -0.4 is 10.6 Å². The highest BCUT2D eigenvalue weighted by Gasteiger charge is 2.42. The Bertz CT molecular complexity index is 754. The summed E-state index contributed by atoms with van der Waals surface area (Å²) in [5.41, 5.74) is 1.38. The van der Waals surface area contributed by atoms with Crippen molar-refractivity contribution in [2.75, 3.05) is 11.9 Å². The molecule has 1 aliphatic heterocycles. The maximum absolute atomic E-state index is 13.2. The van der Waals surface area contributed by atoms with Crippen LogP contribution in [0.15, 0.2) is 22.6 Å². The van der Waals surface area contributed by atoms with Crippen molar-refractivity contribution in [1.82, 2.24) is 10.3 Å². The summed E-state index contributed by atoms with van der Waals surface area (Å²) in [5, 5.41) is 4.38. The Morgan fingerprint density at radius 2 is 2.24 bits per heavy atom. The van der Waals surface area contributed by atoms with E-state index in [0.717, 1.165) is 6.42 Å². The molecule has 0 aliphatic carbocycles. The molecule has 6 nitrogen and oxygen atoms in total. The molecule has 1 aromatic carbocycles. The van der Waals surface area contributed by atoms with Gasteiger partial charge in [0.25, 0.3) is 0 Å². The first-order valence-electron chi connectivity index (χ1n) is 7.94. The van der Waals surface area contributed by atoms with Gasteiger partial charge in [0.2, 0.25) is 0 Å². The summed E-state index contributed by atoms with van der Waals surface area (Å²) in [6, 6.07) is 1.77. The molecular formula is C16H18F3N3O3. The van der Waals surface area contributed by atoms with Crippen molar-refractivity contribution in [2.45, 2.75) is 44.5 Å². The third kappa shape index (κ3) is 4.41. The first-order chi connectivity index (χ1) is 11.8. The van der Waals surface area contributed by atoms with Gasteiger partial charge < -0.3 is 19.8 Å². The maximum Gasteiger partial charge on any atom is 0.408 e. The average molecular weight is 357 g/mol. The number of aryl methyl sites for hydroxylation is 1. The van der Waals surface area contributed by atoms with Gasteiger partial charge in [-0.15, -0.1) is 0 Å². The first-order valence-corrected chi connectivity index (χ1v) is 7.94. The summed E-state index contributed by atoms with van der Waals surface area (Å²) in [6.07, 6.45) is -4.02. The molecule has 1 aromatic heterocycles. The van der Waals surface area contributed by atoms with Gasteiger partial charge in [-0.05, 0) is 31.0 Å². The molecular weight excluding hydrogens is 339 g/mol. The molecule has 0 saturated carbocycles. The number of urea groups is 1. The zero-order valence-corrected chi connectivity index (χ0v) is 13.5. The van der Waals surface area contributed by atoms with Gasteiger partial charge in [-0.1, -0.05) is 0 Å². The number of nitrogens with one attached hydrogen (secondary N) is 2. The van der Waals surface area contributed by atoms with Crippen LogP contribution in [-0.2, 0) is 4.74 Å². The molecule has 2 N–H and O–H groups in total. The summed E-state index contributed by atoms with van der Waals surface area (Å²) in [7, 11) is 0. The average Bonchev–Trinajstić information content (AvgIpc) is 3.13. The number of fused-ring (bicyclic) bond motifs is 1. The van der Waals surface area contributed by atoms with E-state index in [0.29, 0.717) is 35.7 Å². The highest BCUT2D eigenvalue weighted by atomic mass is 19.4. The molecule has 1 fully saturated rings. The van der Waals surface area contributed by atoms with Crippen molar-refractivity contribution in [2.24, 2.45) is 0 Å². The minimum absolute atomic E-state index is 0.293. The zero-order valence-electron chi connectivity index (χ0n) is 13.5. The third-order valence-corrected chi connectivity index (χ3v) is 3.98. The molecule has 9 heteroatoms. The summed E-state index contributed by atoms with van der Waals surface area (Å²) >= 11 is 0. The molecule has 2 heterocycles. The van der Waals surface area contributed by atoms with E-state index in [2.05, 4.69) is 10.3 Å². The number of nitrogens with zero attached hydrogens (tertiary/aromatic N) is 1. The van der Waals surface area contributed by atoms with Crippen LogP contribution >= 0.6 is 0 Å². The van der Waals surface area contributed by atoms with E-state index < -0.39 is 24.4 Å². The standard InChI is InChI=1S/C16H18F3N3O3/c1-9-20-12-7-10(4-5-13(12)25-9)21-15(23)22-14(16(17,18)19)8-11-3-2-6-24-11/h4-5,7,11,14H,2-3,6,8H2,1H3,(H2,21,22,23). The lowest BCUT2D eigenvalue weighted by atomic mass is 10.1. The Balaban J connectivity index is 1.65. The minimum Gasteiger partial charge on any atom is -0.441 e. The van der Waals surface area contributed by atoms with E-state index in [1.165, 1.54) is 12.1 Å². The van der Waals surface area contributed by atoms with Crippen LogP contribution in [0.3, 0.4) is 0 Å². The Kier molecular flexibility index (Phi) is 4.85. The Morgan fingerprint density at radius 1 is 1.44 bits per heavy atom. The van der Waals surface area contributed by atoms with Gasteiger partial charge in [0.05, 0.1) is 6.10 Å². The van der Waals surface area contributed by atoms with Crippen molar-refractivity contribution in [1.29, 1.82) is 0 Å². The van der Waals surface area contributed by atoms with Gasteiger partial charge in [-0.25, -0.2) is 9.78 Å². The second-order valence-electron chi connectivity index (χ2n) is 5.98. The SMILES string of the molecule is Cc1nc2cc(NC(=O)NC(CC3CCCO3)C(F)(F)F)ccc2o1. The van der Waals surface area contributed by atoms with Crippen LogP contribution in [0.2, 0.25) is 0 Å². The second-order valence-corrected chi connectivity index (χ2v) is 5.98. The molecule has 136 valence electrons. The van der Waals surface area contributed by atoms with Crippen molar-refractivity contribution in [3.05, 3.63) is 24.1 Å². The number of halogens is 3. The monoisotopic (exact) mass is 357 g/mol. The van der Waals surface area contributed by atoms with Crippen LogP contribution in [0.4, 0.5) is 23.7 Å². The molecule has 3 rings (SSSR count). The number of ether oxygens (including phenoxy) is 1. The number of rotatable bonds is 4. The normalized spacial score (nSPS) is 19.1. The Hall–Kier alpha value is -2.29. The highest BCUT2D eigenvalue weighted by molar-refractivity contribution is 5.91. The molecule has 1 saturated heterocycles. The van der Waals surface area contributed by atoms with Crippen molar-refractivity contribution >= 4 is 22.8 Å². The number of carbonyl (C=O) groups is 1. The van der Waals surface area contributed by atoms with E-state index in [4.69, 9.17) is 9.15 Å². The molecule has 1 aliphatic rings. The van der Waals surface area contributed by atoms with Gasteiger partial charge in [-0.2, -0.15) is 13.2 Å². The Morgan fingerprint density at radius 3 is 2.92 bits per heavy atom. The van der Waals surface area contributed by atoms with Gasteiger partial charge in [0, 0.05) is 25.6 Å². The fraction of sp³-hybridized carbons (Fsp3) is 0.500. The molecule has 0 spiro atoms. The number of amides is 2. The lowest BCUT2D eigenvalue weighted by molar-refractivity contribution is -0.159. The number of benzene rings is 1. The molecule has 0 radical (unpaired) electrons. The molecule has 2 amide bonds. The quantitative estimate of drug-likeness (QED) is 0.874. The van der Waals surface area contributed by atoms with Gasteiger partial charge in [0.1, 0.15) is 11.6 Å². The summed E-state index contributed by atoms with van der Waals surface area (Å²) in [4.78, 5) is 16.1. The topological polar surface area (TPSA) is 76.4 Å². The molecule has 0 bridgehead atoms. The molecule has 2 unspecified atom stereocenters. The van der Waals surface area contributed by atoms with Crippen LogP contribution in [0.1, 0.15) is 25.2 Å². The molecule has 2 atom stereocenters. The van der Waals surface area contributed by atoms with Gasteiger partial charge in [0.15, 0.2) is 11.5 Å². The predicted molar refractivity (Wildman–Crippen MR) is 84.3 cm³/mol. The lowest BCUT2D eigenvalue weighted by Crippen LogP contribution is -2.48. The van der Waals surface area contributed by atoms with Crippen LogP contribution in [0.25, 0.3) is 11.1 Å². The van der Waals surface area contributed by atoms with Crippen molar-refractivity contribution < 1.29 is 27.1 Å². The fourth-order valence-corrected chi connectivity index (χ4v) is 2.81. The van der Waals surface area contributed by atoms with E-state index in [1.807, 2.05) is 5.32 Å². The number of aromatic nitrogens is 1. The van der Waals surface area contributed by atoms with Crippen molar-refractivity contribution in [3.63, 3.8) is 0 Å². The number of anilines is 1. The number of carbonyl (C=O) groups excluding carboxylic acids is 1. The van der Waals surface area contributed by atoms with E-state index >= 15 is 0 Å². The Labute approximate surface area is 141 Å². The summed E-state index contributed by atoms with van der Waals surface area (Å²) in [6.45, 7) is 2.14. The van der Waals surface area contributed by atoms with Gasteiger partial charge in [-0.3, -0.25) is 0 Å². The van der Waals surface area contributed by atoms with Gasteiger partial charge >= 0.3 is 12.2 Å². The lowest BCUT2D eigenvalue weighted by Gasteiger charge is -2.24. The second kappa shape index (κ2) is 6.91. The fourth-order valence-electron chi connectivity index (χ4n) is 2.81. The maximum atomic E-state index is 13.2. The predicted octanol–water partition coefficient (Wildman–Crippen LogP) is 3.76. The zero-order chi connectivity index (χ0) is 18.0.